The number of carboxylic acid groups (broad SMARTS) is 1. The predicted octanol–water partition coefficient (Wildman–Crippen LogP) is 2.43. The number of hydrogen-bond donors (Lipinski definition) is 1. The van der Waals surface area contributed by atoms with E-state index in [2.05, 4.69) is 4.37 Å². The number of rotatable bonds is 2. The number of aryl methyl sites for hydroxylation is 1. The summed E-state index contributed by atoms with van der Waals surface area (Å²) in [5.74, 6) is -1.29. The average molecular weight is 288 g/mol. The number of para-hydroxylation sites is 1. The third kappa shape index (κ3) is 2.18. The number of anilines is 1. The third-order valence-electron chi connectivity index (χ3n) is 3.30. The number of carbonyl (C=O) groups excluding carboxylic acids is 1. The molecule has 0 unspecified atom stereocenters. The lowest BCUT2D eigenvalue weighted by Crippen LogP contribution is -2.35. The molecule has 2 aromatic rings. The van der Waals surface area contributed by atoms with Gasteiger partial charge in [-0.05, 0) is 42.1 Å². The van der Waals surface area contributed by atoms with E-state index in [9.17, 15) is 9.59 Å². The van der Waals surface area contributed by atoms with Crippen LogP contribution in [0.4, 0.5) is 5.69 Å². The summed E-state index contributed by atoms with van der Waals surface area (Å²) in [5, 5.41) is 8.87. The number of benzene rings is 1. The zero-order chi connectivity index (χ0) is 14.1. The predicted molar refractivity (Wildman–Crippen MR) is 75.5 cm³/mol. The Hall–Kier alpha value is -2.21. The minimum absolute atomic E-state index is 0.0800. The van der Waals surface area contributed by atoms with Crippen molar-refractivity contribution in [3.8, 4) is 0 Å². The van der Waals surface area contributed by atoms with Crippen LogP contribution in [-0.2, 0) is 6.42 Å². The monoisotopic (exact) mass is 288 g/mol. The summed E-state index contributed by atoms with van der Waals surface area (Å²) in [5.41, 5.74) is 1.98. The second kappa shape index (κ2) is 5.05. The lowest BCUT2D eigenvalue weighted by molar-refractivity contribution is 0.0692. The zero-order valence-electron chi connectivity index (χ0n) is 10.6. The van der Waals surface area contributed by atoms with Gasteiger partial charge < -0.3 is 10.0 Å². The SMILES string of the molecule is O=C(O)c1cc(C(=O)N2CCCc3ccccc32)sn1. The van der Waals surface area contributed by atoms with Crippen LogP contribution in [0.25, 0.3) is 0 Å². The summed E-state index contributed by atoms with van der Waals surface area (Å²) in [6.07, 6.45) is 1.87. The number of fused-ring (bicyclic) bond motifs is 1. The number of hydrogen-bond acceptors (Lipinski definition) is 4. The van der Waals surface area contributed by atoms with Crippen molar-refractivity contribution >= 4 is 29.1 Å². The topological polar surface area (TPSA) is 70.5 Å². The highest BCUT2D eigenvalue weighted by atomic mass is 32.1. The normalized spacial score (nSPS) is 13.9. The molecule has 1 aliphatic heterocycles. The van der Waals surface area contributed by atoms with Gasteiger partial charge in [-0.25, -0.2) is 4.79 Å². The van der Waals surface area contributed by atoms with Crippen LogP contribution in [0, 0.1) is 0 Å². The molecule has 1 aliphatic rings. The summed E-state index contributed by atoms with van der Waals surface area (Å²) in [4.78, 5) is 25.4. The zero-order valence-corrected chi connectivity index (χ0v) is 11.4. The van der Waals surface area contributed by atoms with E-state index >= 15 is 0 Å². The summed E-state index contributed by atoms with van der Waals surface area (Å²) in [7, 11) is 0. The maximum Gasteiger partial charge on any atom is 0.355 e. The van der Waals surface area contributed by atoms with E-state index in [-0.39, 0.29) is 11.6 Å². The van der Waals surface area contributed by atoms with Crippen LogP contribution in [0.2, 0.25) is 0 Å². The second-order valence-electron chi connectivity index (χ2n) is 4.57. The van der Waals surface area contributed by atoms with Crippen LogP contribution in [0.3, 0.4) is 0 Å². The van der Waals surface area contributed by atoms with Gasteiger partial charge in [0.25, 0.3) is 5.91 Å². The largest absolute Gasteiger partial charge is 0.476 e. The number of carbonyl (C=O) groups is 2. The quantitative estimate of drug-likeness (QED) is 0.921. The lowest BCUT2D eigenvalue weighted by Gasteiger charge is -2.28. The van der Waals surface area contributed by atoms with Crippen LogP contribution >= 0.6 is 11.5 Å². The maximum absolute atomic E-state index is 12.5. The Bertz CT molecular complexity index is 681. The second-order valence-corrected chi connectivity index (χ2v) is 5.38. The molecule has 3 rings (SSSR count). The van der Waals surface area contributed by atoms with Crippen molar-refractivity contribution in [2.75, 3.05) is 11.4 Å². The number of aromatic nitrogens is 1. The first-order valence-corrected chi connectivity index (χ1v) is 7.04. The van der Waals surface area contributed by atoms with Crippen LogP contribution in [0.1, 0.15) is 32.1 Å². The van der Waals surface area contributed by atoms with E-state index in [0.717, 1.165) is 35.6 Å². The van der Waals surface area contributed by atoms with Gasteiger partial charge in [-0.15, -0.1) is 0 Å². The van der Waals surface area contributed by atoms with Crippen molar-refractivity contribution in [2.45, 2.75) is 12.8 Å². The summed E-state index contributed by atoms with van der Waals surface area (Å²) >= 11 is 0.932. The highest BCUT2D eigenvalue weighted by molar-refractivity contribution is 7.08. The molecule has 1 amide bonds. The maximum atomic E-state index is 12.5. The van der Waals surface area contributed by atoms with Gasteiger partial charge in [-0.3, -0.25) is 4.79 Å². The van der Waals surface area contributed by atoms with Crippen LogP contribution in [0.15, 0.2) is 30.3 Å². The van der Waals surface area contributed by atoms with Crippen molar-refractivity contribution in [3.05, 3.63) is 46.5 Å². The first-order chi connectivity index (χ1) is 9.66. The number of amides is 1. The average Bonchev–Trinajstić information content (AvgIpc) is 2.96. The van der Waals surface area contributed by atoms with Crippen molar-refractivity contribution in [1.29, 1.82) is 0 Å². The molecule has 102 valence electrons. The van der Waals surface area contributed by atoms with Gasteiger partial charge in [0.2, 0.25) is 0 Å². The number of nitrogens with zero attached hydrogens (tertiary/aromatic N) is 2. The fraction of sp³-hybridized carbons (Fsp3) is 0.214. The molecule has 2 heterocycles. The van der Waals surface area contributed by atoms with Gasteiger partial charge in [0.15, 0.2) is 5.69 Å². The summed E-state index contributed by atoms with van der Waals surface area (Å²) < 4.78 is 3.78. The smallest absolute Gasteiger partial charge is 0.355 e. The Labute approximate surface area is 119 Å². The molecule has 0 saturated carbocycles. The van der Waals surface area contributed by atoms with Crippen molar-refractivity contribution in [2.24, 2.45) is 0 Å². The molecule has 1 N–H and O–H groups in total. The highest BCUT2D eigenvalue weighted by Gasteiger charge is 2.25. The Morgan fingerprint density at radius 3 is 2.85 bits per heavy atom. The van der Waals surface area contributed by atoms with E-state index in [1.165, 1.54) is 6.07 Å². The van der Waals surface area contributed by atoms with Gasteiger partial charge in [0.1, 0.15) is 4.88 Å². The molecule has 1 aromatic carbocycles. The van der Waals surface area contributed by atoms with Crippen molar-refractivity contribution < 1.29 is 14.7 Å². The lowest BCUT2D eigenvalue weighted by atomic mass is 10.0. The Kier molecular flexibility index (Phi) is 3.23. The minimum atomic E-state index is -1.11. The van der Waals surface area contributed by atoms with Crippen LogP contribution in [0.5, 0.6) is 0 Å². The summed E-state index contributed by atoms with van der Waals surface area (Å²) in [6.45, 7) is 0.649. The van der Waals surface area contributed by atoms with Gasteiger partial charge in [0, 0.05) is 12.2 Å². The van der Waals surface area contributed by atoms with E-state index < -0.39 is 5.97 Å². The molecule has 0 saturated heterocycles. The summed E-state index contributed by atoms with van der Waals surface area (Å²) in [6, 6.07) is 9.14. The van der Waals surface area contributed by atoms with E-state index in [0.29, 0.717) is 11.4 Å². The molecule has 0 atom stereocenters. The fourth-order valence-corrected chi connectivity index (χ4v) is 3.03. The molecular weight excluding hydrogens is 276 g/mol. The molecule has 5 nitrogen and oxygen atoms in total. The molecule has 6 heteroatoms. The van der Waals surface area contributed by atoms with Gasteiger partial charge >= 0.3 is 5.97 Å². The Morgan fingerprint density at radius 2 is 2.10 bits per heavy atom. The van der Waals surface area contributed by atoms with E-state index in [1.807, 2.05) is 24.3 Å². The molecule has 0 spiro atoms. The molecule has 0 aliphatic carbocycles. The first-order valence-electron chi connectivity index (χ1n) is 6.26. The molecule has 0 bridgehead atoms. The minimum Gasteiger partial charge on any atom is -0.476 e. The van der Waals surface area contributed by atoms with Crippen LogP contribution in [-0.4, -0.2) is 27.9 Å². The van der Waals surface area contributed by atoms with Crippen molar-refractivity contribution in [3.63, 3.8) is 0 Å². The van der Waals surface area contributed by atoms with E-state index in [4.69, 9.17) is 5.11 Å². The number of aromatic carboxylic acids is 1. The third-order valence-corrected chi connectivity index (χ3v) is 4.07. The van der Waals surface area contributed by atoms with Gasteiger partial charge in [-0.1, -0.05) is 18.2 Å². The number of carboxylic acids is 1. The molecule has 0 radical (unpaired) electrons. The Morgan fingerprint density at radius 1 is 1.30 bits per heavy atom. The van der Waals surface area contributed by atoms with Crippen molar-refractivity contribution in [1.82, 2.24) is 4.37 Å². The van der Waals surface area contributed by atoms with Gasteiger partial charge in [0.05, 0.1) is 0 Å². The van der Waals surface area contributed by atoms with E-state index in [1.54, 1.807) is 4.90 Å². The fourth-order valence-electron chi connectivity index (χ4n) is 2.35. The van der Waals surface area contributed by atoms with Crippen LogP contribution < -0.4 is 4.90 Å². The van der Waals surface area contributed by atoms with Gasteiger partial charge in [-0.2, -0.15) is 4.37 Å². The standard InChI is InChI=1S/C14H12N2O3S/c17-13(12-8-10(14(18)19)15-20-12)16-7-3-5-9-4-1-2-6-11(9)16/h1-2,4,6,8H,3,5,7H2,(H,18,19). The molecule has 20 heavy (non-hydrogen) atoms. The molecule has 0 fully saturated rings. The Balaban J connectivity index is 1.93. The molecule has 1 aromatic heterocycles. The first kappa shape index (κ1) is 12.8. The molecular formula is C14H12N2O3S. The highest BCUT2D eigenvalue weighted by Crippen LogP contribution is 2.28.